The minimum absolute atomic E-state index is 0.769. The molecule has 2 heteroatoms. The predicted molar refractivity (Wildman–Crippen MR) is 53.3 cm³/mol. The highest BCUT2D eigenvalue weighted by Crippen LogP contribution is 2.10. The van der Waals surface area contributed by atoms with Gasteiger partial charge in [0.05, 0.1) is 7.11 Å². The first-order valence-electron chi connectivity index (χ1n) is 4.14. The van der Waals surface area contributed by atoms with Gasteiger partial charge in [0.1, 0.15) is 5.75 Å². The van der Waals surface area contributed by atoms with Gasteiger partial charge in [-0.1, -0.05) is 18.1 Å². The summed E-state index contributed by atoms with van der Waals surface area (Å²) in [5, 5.41) is 2.99. The maximum atomic E-state index is 5.05. The van der Waals surface area contributed by atoms with Gasteiger partial charge in [0, 0.05) is 12.6 Å². The molecule has 0 heterocycles. The van der Waals surface area contributed by atoms with Gasteiger partial charge in [0.15, 0.2) is 0 Å². The summed E-state index contributed by atoms with van der Waals surface area (Å²) in [5.74, 6) is 3.65. The van der Waals surface area contributed by atoms with Gasteiger partial charge in [-0.25, -0.2) is 0 Å². The second-order valence-electron chi connectivity index (χ2n) is 2.58. The van der Waals surface area contributed by atoms with Crippen LogP contribution in [0.1, 0.15) is 12.5 Å². The molecule has 0 radical (unpaired) electrons. The second kappa shape index (κ2) is 5.10. The van der Waals surface area contributed by atoms with Gasteiger partial charge < -0.3 is 10.1 Å². The third kappa shape index (κ3) is 3.08. The Kier molecular flexibility index (Phi) is 3.72. The molecule has 0 aromatic heterocycles. The Morgan fingerprint density at radius 2 is 2.00 bits per heavy atom. The standard InChI is InChI=1S/C11H13NO/c1-3-8-12-9-10-4-6-11(13-2)7-5-10/h4-7,12H,9H2,1-2H3. The fourth-order valence-corrected chi connectivity index (χ4v) is 0.978. The first kappa shape index (κ1) is 9.47. The summed E-state index contributed by atoms with van der Waals surface area (Å²) in [5.41, 5.74) is 1.20. The average molecular weight is 175 g/mol. The van der Waals surface area contributed by atoms with Gasteiger partial charge in [-0.2, -0.15) is 0 Å². The van der Waals surface area contributed by atoms with Crippen molar-refractivity contribution in [1.29, 1.82) is 0 Å². The van der Waals surface area contributed by atoms with Crippen LogP contribution < -0.4 is 10.1 Å². The zero-order valence-electron chi connectivity index (χ0n) is 7.92. The molecule has 1 N–H and O–H groups in total. The fraction of sp³-hybridized carbons (Fsp3) is 0.273. The molecular weight excluding hydrogens is 162 g/mol. The van der Waals surface area contributed by atoms with Crippen LogP contribution in [0.4, 0.5) is 0 Å². The van der Waals surface area contributed by atoms with Crippen molar-refractivity contribution in [2.24, 2.45) is 0 Å². The van der Waals surface area contributed by atoms with Crippen molar-refractivity contribution < 1.29 is 4.74 Å². The highest BCUT2D eigenvalue weighted by atomic mass is 16.5. The van der Waals surface area contributed by atoms with E-state index in [-0.39, 0.29) is 0 Å². The number of nitrogens with one attached hydrogen (secondary N) is 1. The van der Waals surface area contributed by atoms with E-state index in [1.165, 1.54) is 5.56 Å². The number of benzene rings is 1. The summed E-state index contributed by atoms with van der Waals surface area (Å²) in [7, 11) is 1.66. The molecule has 0 amide bonds. The van der Waals surface area contributed by atoms with E-state index in [2.05, 4.69) is 17.3 Å². The van der Waals surface area contributed by atoms with Crippen molar-refractivity contribution >= 4 is 0 Å². The number of methoxy groups -OCH3 is 1. The van der Waals surface area contributed by atoms with Gasteiger partial charge >= 0.3 is 0 Å². The minimum Gasteiger partial charge on any atom is -0.497 e. The Bertz CT molecular complexity index is 305. The molecule has 0 atom stereocenters. The first-order valence-corrected chi connectivity index (χ1v) is 4.14. The highest BCUT2D eigenvalue weighted by Gasteiger charge is 1.91. The molecule has 13 heavy (non-hydrogen) atoms. The van der Waals surface area contributed by atoms with E-state index in [4.69, 9.17) is 4.74 Å². The maximum Gasteiger partial charge on any atom is 0.118 e. The van der Waals surface area contributed by atoms with Crippen LogP contribution in [0.25, 0.3) is 0 Å². The van der Waals surface area contributed by atoms with Crippen LogP contribution in [-0.4, -0.2) is 7.11 Å². The van der Waals surface area contributed by atoms with Gasteiger partial charge in [-0.05, 0) is 24.6 Å². The number of ether oxygens (including phenoxy) is 1. The van der Waals surface area contributed by atoms with Gasteiger partial charge in [0.25, 0.3) is 0 Å². The fourth-order valence-electron chi connectivity index (χ4n) is 0.978. The molecule has 1 aromatic rings. The third-order valence-electron chi connectivity index (χ3n) is 1.66. The molecule has 68 valence electrons. The molecule has 0 saturated carbocycles. The van der Waals surface area contributed by atoms with Crippen molar-refractivity contribution in [3.63, 3.8) is 0 Å². The Morgan fingerprint density at radius 3 is 2.54 bits per heavy atom. The van der Waals surface area contributed by atoms with Crippen LogP contribution in [0, 0.1) is 12.0 Å². The van der Waals surface area contributed by atoms with Crippen molar-refractivity contribution in [2.45, 2.75) is 13.5 Å². The van der Waals surface area contributed by atoms with E-state index in [1.807, 2.05) is 24.3 Å². The molecule has 2 nitrogen and oxygen atoms in total. The summed E-state index contributed by atoms with van der Waals surface area (Å²) in [6.45, 7) is 2.58. The van der Waals surface area contributed by atoms with Crippen molar-refractivity contribution in [1.82, 2.24) is 5.32 Å². The molecule has 0 bridgehead atoms. The first-order chi connectivity index (χ1) is 6.36. The van der Waals surface area contributed by atoms with Gasteiger partial charge in [-0.3, -0.25) is 0 Å². The number of hydrogen-bond acceptors (Lipinski definition) is 2. The van der Waals surface area contributed by atoms with E-state index in [9.17, 15) is 0 Å². The van der Waals surface area contributed by atoms with Crippen molar-refractivity contribution in [3.8, 4) is 17.7 Å². The quantitative estimate of drug-likeness (QED) is 0.558. The largest absolute Gasteiger partial charge is 0.497 e. The minimum atomic E-state index is 0.769. The molecule has 0 unspecified atom stereocenters. The maximum absolute atomic E-state index is 5.05. The molecule has 0 aliphatic carbocycles. The third-order valence-corrected chi connectivity index (χ3v) is 1.66. The van der Waals surface area contributed by atoms with E-state index in [0.717, 1.165) is 12.3 Å². The summed E-state index contributed by atoms with van der Waals surface area (Å²) >= 11 is 0. The summed E-state index contributed by atoms with van der Waals surface area (Å²) in [6, 6.07) is 10.7. The molecule has 0 aliphatic rings. The highest BCUT2D eigenvalue weighted by molar-refractivity contribution is 5.27. The summed E-state index contributed by atoms with van der Waals surface area (Å²) in [4.78, 5) is 0. The average Bonchev–Trinajstić information content (AvgIpc) is 2.19. The Labute approximate surface area is 78.9 Å². The lowest BCUT2D eigenvalue weighted by Gasteiger charge is -2.01. The lowest BCUT2D eigenvalue weighted by atomic mass is 10.2. The van der Waals surface area contributed by atoms with Crippen LogP contribution in [0.3, 0.4) is 0 Å². The van der Waals surface area contributed by atoms with Gasteiger partial charge in [0.2, 0.25) is 0 Å². The molecular formula is C11H13NO. The van der Waals surface area contributed by atoms with Gasteiger partial charge in [-0.15, -0.1) is 0 Å². The Balaban J connectivity index is 2.52. The van der Waals surface area contributed by atoms with E-state index in [0.29, 0.717) is 0 Å². The van der Waals surface area contributed by atoms with E-state index >= 15 is 0 Å². The van der Waals surface area contributed by atoms with Crippen molar-refractivity contribution in [2.75, 3.05) is 7.11 Å². The lowest BCUT2D eigenvalue weighted by Crippen LogP contribution is -2.04. The Hall–Kier alpha value is -1.62. The number of rotatable bonds is 3. The van der Waals surface area contributed by atoms with Crippen LogP contribution in [0.15, 0.2) is 24.3 Å². The molecule has 1 rings (SSSR count). The topological polar surface area (TPSA) is 21.3 Å². The normalized spacial score (nSPS) is 8.46. The van der Waals surface area contributed by atoms with E-state index in [1.54, 1.807) is 14.0 Å². The zero-order valence-corrected chi connectivity index (χ0v) is 7.92. The van der Waals surface area contributed by atoms with E-state index < -0.39 is 0 Å². The molecule has 0 aliphatic heterocycles. The Morgan fingerprint density at radius 1 is 1.31 bits per heavy atom. The smallest absolute Gasteiger partial charge is 0.118 e. The number of hydrogen-bond donors (Lipinski definition) is 1. The molecule has 0 spiro atoms. The SMILES string of the molecule is CC#CNCc1ccc(OC)cc1. The lowest BCUT2D eigenvalue weighted by molar-refractivity contribution is 0.414. The monoisotopic (exact) mass is 175 g/mol. The zero-order chi connectivity index (χ0) is 9.52. The van der Waals surface area contributed by atoms with Crippen LogP contribution in [0.2, 0.25) is 0 Å². The summed E-state index contributed by atoms with van der Waals surface area (Å²) < 4.78 is 5.05. The van der Waals surface area contributed by atoms with Crippen molar-refractivity contribution in [3.05, 3.63) is 29.8 Å². The molecule has 0 saturated heterocycles. The predicted octanol–water partition coefficient (Wildman–Crippen LogP) is 1.77. The summed E-state index contributed by atoms with van der Waals surface area (Å²) in [6.07, 6.45) is 0. The van der Waals surface area contributed by atoms with Crippen LogP contribution in [0.5, 0.6) is 5.75 Å². The van der Waals surface area contributed by atoms with Crippen LogP contribution in [-0.2, 0) is 6.54 Å². The molecule has 1 aromatic carbocycles. The second-order valence-corrected chi connectivity index (χ2v) is 2.58. The molecule has 0 fully saturated rings. The van der Waals surface area contributed by atoms with Crippen LogP contribution >= 0.6 is 0 Å².